The fraction of sp³-hybridized carbons (Fsp3) is 0.455. The Morgan fingerprint density at radius 1 is 1.21 bits per heavy atom. The predicted molar refractivity (Wildman–Crippen MR) is 173 cm³/mol. The molecule has 3 heterocycles. The summed E-state index contributed by atoms with van der Waals surface area (Å²) in [4.78, 5) is 38.4. The summed E-state index contributed by atoms with van der Waals surface area (Å²) in [5, 5.41) is 2.93. The number of carbonyl (C=O) groups is 1. The molecular weight excluding hydrogens is 540 g/mol. The van der Waals surface area contributed by atoms with Gasteiger partial charge in [-0.1, -0.05) is 24.8 Å². The molecule has 43 heavy (non-hydrogen) atoms. The third-order valence-corrected chi connectivity index (χ3v) is 8.29. The van der Waals surface area contributed by atoms with E-state index in [2.05, 4.69) is 50.8 Å². The van der Waals surface area contributed by atoms with Crippen molar-refractivity contribution in [1.29, 1.82) is 0 Å². The van der Waals surface area contributed by atoms with E-state index in [0.717, 1.165) is 68.2 Å². The minimum Gasteiger partial charge on any atom is -0.378 e. The molecule has 226 valence electrons. The van der Waals surface area contributed by atoms with Gasteiger partial charge in [-0.15, -0.1) is 0 Å². The molecule has 0 radical (unpaired) electrons. The first-order chi connectivity index (χ1) is 21.0. The number of amides is 1. The van der Waals surface area contributed by atoms with Gasteiger partial charge in [0.05, 0.1) is 48.8 Å². The molecule has 0 bridgehead atoms. The number of ether oxygens (including phenoxy) is 1. The molecule has 3 aliphatic rings. The number of guanidine groups is 1. The number of morpholine rings is 1. The van der Waals surface area contributed by atoms with Crippen molar-refractivity contribution in [2.24, 2.45) is 20.7 Å². The minimum absolute atomic E-state index is 0.0293. The topological polar surface area (TPSA) is 130 Å². The lowest BCUT2D eigenvalue weighted by molar-refractivity contribution is 0.0957. The zero-order valence-corrected chi connectivity index (χ0v) is 25.2. The number of nitrogens with one attached hydrogen (secondary N) is 1. The van der Waals surface area contributed by atoms with E-state index < -0.39 is 0 Å². The monoisotopic (exact) mass is 582 g/mol. The lowest BCUT2D eigenvalue weighted by Gasteiger charge is -2.33. The van der Waals surface area contributed by atoms with Crippen LogP contribution in [0.1, 0.15) is 77.8 Å². The minimum atomic E-state index is -0.125. The van der Waals surface area contributed by atoms with Crippen LogP contribution in [0.5, 0.6) is 0 Å². The molecule has 1 aromatic carbocycles. The van der Waals surface area contributed by atoms with E-state index in [1.807, 2.05) is 25.3 Å². The summed E-state index contributed by atoms with van der Waals surface area (Å²) < 4.78 is 5.60. The largest absolute Gasteiger partial charge is 0.378 e. The Hall–Kier alpha value is -4.18. The van der Waals surface area contributed by atoms with Crippen molar-refractivity contribution >= 4 is 30.2 Å². The first kappa shape index (κ1) is 30.3. The fourth-order valence-corrected chi connectivity index (χ4v) is 6.01. The number of hydrogen-bond donors (Lipinski definition) is 2. The first-order valence-electron chi connectivity index (χ1n) is 15.2. The van der Waals surface area contributed by atoms with Crippen LogP contribution in [0.25, 0.3) is 0 Å². The quantitative estimate of drug-likeness (QED) is 0.320. The van der Waals surface area contributed by atoms with Gasteiger partial charge in [-0.25, -0.2) is 20.0 Å². The van der Waals surface area contributed by atoms with Crippen LogP contribution in [0.15, 0.2) is 63.7 Å². The summed E-state index contributed by atoms with van der Waals surface area (Å²) in [6, 6.07) is 7.86. The molecule has 3 unspecified atom stereocenters. The number of rotatable bonds is 10. The summed E-state index contributed by atoms with van der Waals surface area (Å²) in [5.74, 6) is 1.27. The van der Waals surface area contributed by atoms with Gasteiger partial charge in [-0.3, -0.25) is 9.79 Å². The van der Waals surface area contributed by atoms with Gasteiger partial charge in [0.2, 0.25) is 11.9 Å². The van der Waals surface area contributed by atoms with Gasteiger partial charge >= 0.3 is 0 Å². The van der Waals surface area contributed by atoms with Crippen LogP contribution in [0.2, 0.25) is 0 Å². The summed E-state index contributed by atoms with van der Waals surface area (Å²) >= 11 is 0. The maximum Gasteiger partial charge on any atom is 0.251 e. The summed E-state index contributed by atoms with van der Waals surface area (Å²) in [7, 11) is 0. The number of aliphatic imine (C=N–C) groups is 3. The highest BCUT2D eigenvalue weighted by atomic mass is 16.5. The molecule has 2 aliphatic heterocycles. The molecule has 10 heteroatoms. The Kier molecular flexibility index (Phi) is 10.1. The van der Waals surface area contributed by atoms with Crippen LogP contribution >= 0.6 is 0 Å². The number of carbonyl (C=O) groups excluding carboxylic acids is 1. The van der Waals surface area contributed by atoms with Gasteiger partial charge in [0.1, 0.15) is 0 Å². The molecule has 3 atom stereocenters. The lowest BCUT2D eigenvalue weighted by Crippen LogP contribution is -2.38. The number of allylic oxidation sites excluding steroid dienone is 2. The molecule has 1 aliphatic carbocycles. The smallest absolute Gasteiger partial charge is 0.251 e. The van der Waals surface area contributed by atoms with Crippen molar-refractivity contribution in [1.82, 2.24) is 15.3 Å². The predicted octanol–water partition coefficient (Wildman–Crippen LogP) is 4.13. The number of benzene rings is 1. The molecule has 0 spiro atoms. The second-order valence-electron chi connectivity index (χ2n) is 11.2. The maximum atomic E-state index is 12.7. The highest BCUT2D eigenvalue weighted by molar-refractivity contribution is 5.94. The second kappa shape index (κ2) is 14.3. The summed E-state index contributed by atoms with van der Waals surface area (Å²) in [6.07, 6.45) is 12.1. The molecule has 0 saturated carbocycles. The third kappa shape index (κ3) is 7.43. The van der Waals surface area contributed by atoms with Crippen molar-refractivity contribution in [3.8, 4) is 0 Å². The average Bonchev–Trinajstić information content (AvgIpc) is 3.03. The number of anilines is 1. The molecule has 3 N–H and O–H groups in total. The van der Waals surface area contributed by atoms with Crippen LogP contribution < -0.4 is 16.0 Å². The Morgan fingerprint density at radius 2 is 1.98 bits per heavy atom. The Morgan fingerprint density at radius 3 is 2.70 bits per heavy atom. The van der Waals surface area contributed by atoms with Crippen molar-refractivity contribution in [3.63, 3.8) is 0 Å². The summed E-state index contributed by atoms with van der Waals surface area (Å²) in [5.41, 5.74) is 11.9. The normalized spacial score (nSPS) is 22.3. The highest BCUT2D eigenvalue weighted by Gasteiger charge is 2.32. The second-order valence-corrected chi connectivity index (χ2v) is 11.2. The molecule has 1 aromatic heterocycles. The fourth-order valence-electron chi connectivity index (χ4n) is 6.01. The molecule has 1 saturated heterocycles. The number of fused-ring (bicyclic) bond motifs is 1. The van der Waals surface area contributed by atoms with E-state index in [1.165, 1.54) is 11.1 Å². The van der Waals surface area contributed by atoms with Crippen molar-refractivity contribution in [3.05, 3.63) is 76.8 Å². The lowest BCUT2D eigenvalue weighted by atomic mass is 9.80. The van der Waals surface area contributed by atoms with Crippen molar-refractivity contribution in [2.75, 3.05) is 37.7 Å². The van der Waals surface area contributed by atoms with Gasteiger partial charge in [-0.05, 0) is 75.3 Å². The number of hydrogen-bond acceptors (Lipinski definition) is 9. The Balaban J connectivity index is 1.32. The van der Waals surface area contributed by atoms with Gasteiger partial charge < -0.3 is 20.7 Å². The van der Waals surface area contributed by atoms with Crippen LogP contribution in [-0.2, 0) is 17.6 Å². The van der Waals surface area contributed by atoms with Gasteiger partial charge in [-0.2, -0.15) is 0 Å². The maximum absolute atomic E-state index is 12.7. The Bertz CT molecular complexity index is 1420. The van der Waals surface area contributed by atoms with E-state index in [-0.39, 0.29) is 17.9 Å². The van der Waals surface area contributed by atoms with E-state index >= 15 is 0 Å². The number of nitrogens with two attached hydrogens (primary N) is 1. The van der Waals surface area contributed by atoms with Gasteiger partial charge in [0, 0.05) is 37.0 Å². The SMILES string of the molecule is C=C/C=C(/CNC(=O)c1ccc(CCC2CCCc3c2nc(N2CCOCC2)nc3C2C=NC(N)=NC2C)cc1)N=CC. The van der Waals surface area contributed by atoms with E-state index in [0.29, 0.717) is 37.2 Å². The van der Waals surface area contributed by atoms with Crippen LogP contribution in [0, 0.1) is 0 Å². The molecular formula is C33H42N8O2. The summed E-state index contributed by atoms with van der Waals surface area (Å²) in [6.45, 7) is 10.9. The van der Waals surface area contributed by atoms with Crippen molar-refractivity contribution in [2.45, 2.75) is 63.8 Å². The van der Waals surface area contributed by atoms with Crippen LogP contribution in [0.3, 0.4) is 0 Å². The molecule has 1 fully saturated rings. The molecule has 5 rings (SSSR count). The standard InChI is InChI=1S/C33H42N8O2/c1-4-7-26(35-5-2)20-36-31(42)25-14-11-23(12-15-25)10-13-24-8-6-9-27-29(24)39-33(41-16-18-43-19-17-41)40-30(27)28-21-37-32(34)38-22(28)3/h4-5,7,11-12,14-15,21-22,24,28H,1,6,8-10,13,16-20H2,2-3H3,(H2,34,38)(H,36,42)/b26-7-,35-5?. The number of nitrogens with zero attached hydrogens (tertiary/aromatic N) is 6. The number of aryl methyl sites for hydroxylation is 1. The van der Waals surface area contributed by atoms with Crippen LogP contribution in [-0.4, -0.2) is 73.2 Å². The van der Waals surface area contributed by atoms with Gasteiger partial charge in [0.25, 0.3) is 5.91 Å². The van der Waals surface area contributed by atoms with E-state index in [1.54, 1.807) is 18.4 Å². The Labute approximate surface area is 254 Å². The van der Waals surface area contributed by atoms with Crippen LogP contribution in [0.4, 0.5) is 5.95 Å². The van der Waals surface area contributed by atoms with Gasteiger partial charge in [0.15, 0.2) is 0 Å². The average molecular weight is 583 g/mol. The first-order valence-corrected chi connectivity index (χ1v) is 15.2. The molecule has 2 aromatic rings. The highest BCUT2D eigenvalue weighted by Crippen LogP contribution is 2.39. The van der Waals surface area contributed by atoms with E-state index in [9.17, 15) is 4.79 Å². The van der Waals surface area contributed by atoms with E-state index in [4.69, 9.17) is 20.4 Å². The third-order valence-electron chi connectivity index (χ3n) is 8.29. The molecule has 1 amide bonds. The zero-order chi connectivity index (χ0) is 30.2. The van der Waals surface area contributed by atoms with Crippen molar-refractivity contribution < 1.29 is 9.53 Å². The molecule has 10 nitrogen and oxygen atoms in total. The zero-order valence-electron chi connectivity index (χ0n) is 25.2. The number of aromatic nitrogens is 2.